The van der Waals surface area contributed by atoms with Gasteiger partial charge >= 0.3 is 0 Å². The zero-order valence-electron chi connectivity index (χ0n) is 19.0. The van der Waals surface area contributed by atoms with Crippen LogP contribution in [0.4, 0.5) is 5.69 Å². The van der Waals surface area contributed by atoms with Gasteiger partial charge in [-0.25, -0.2) is 9.67 Å². The minimum Gasteiger partial charge on any atom is -0.493 e. The third-order valence-electron chi connectivity index (χ3n) is 5.89. The Morgan fingerprint density at radius 1 is 0.941 bits per heavy atom. The van der Waals surface area contributed by atoms with Crippen molar-refractivity contribution in [1.82, 2.24) is 14.8 Å². The topological polar surface area (TPSA) is 92.3 Å². The molecule has 0 amide bonds. The van der Waals surface area contributed by atoms with Crippen LogP contribution in [-0.2, 0) is 6.54 Å². The van der Waals surface area contributed by atoms with Gasteiger partial charge in [-0.05, 0) is 36.8 Å². The van der Waals surface area contributed by atoms with Crippen molar-refractivity contribution in [1.29, 1.82) is 0 Å². The molecule has 5 rings (SSSR count). The Kier molecular flexibility index (Phi) is 5.33. The van der Waals surface area contributed by atoms with Crippen LogP contribution in [0.5, 0.6) is 11.5 Å². The van der Waals surface area contributed by atoms with Gasteiger partial charge in [-0.1, -0.05) is 30.3 Å². The molecule has 0 spiro atoms. The smallest absolute Gasteiger partial charge is 0.269 e. The summed E-state index contributed by atoms with van der Waals surface area (Å²) in [6, 6.07) is 20.3. The van der Waals surface area contributed by atoms with Crippen LogP contribution in [0, 0.1) is 17.0 Å². The molecule has 2 heterocycles. The summed E-state index contributed by atoms with van der Waals surface area (Å²) in [4.78, 5) is 15.8. The predicted octanol–water partition coefficient (Wildman–Crippen LogP) is 5.53. The number of fused-ring (bicyclic) bond motifs is 3. The van der Waals surface area contributed by atoms with Gasteiger partial charge in [-0.2, -0.15) is 5.10 Å². The van der Waals surface area contributed by atoms with Crippen molar-refractivity contribution < 1.29 is 14.4 Å². The highest BCUT2D eigenvalue weighted by Crippen LogP contribution is 2.40. The van der Waals surface area contributed by atoms with Crippen LogP contribution in [0.25, 0.3) is 33.1 Å². The van der Waals surface area contributed by atoms with Gasteiger partial charge < -0.3 is 9.47 Å². The lowest BCUT2D eigenvalue weighted by atomic mass is 10.00. The van der Waals surface area contributed by atoms with Crippen molar-refractivity contribution >= 4 is 27.5 Å². The fourth-order valence-electron chi connectivity index (χ4n) is 4.27. The van der Waals surface area contributed by atoms with Gasteiger partial charge in [-0.15, -0.1) is 0 Å². The molecule has 34 heavy (non-hydrogen) atoms. The van der Waals surface area contributed by atoms with Crippen LogP contribution in [-0.4, -0.2) is 33.9 Å². The van der Waals surface area contributed by atoms with Gasteiger partial charge in [0, 0.05) is 33.9 Å². The number of nitro benzene ring substituents is 1. The molecular formula is C26H22N4O4. The highest BCUT2D eigenvalue weighted by atomic mass is 16.6. The molecule has 0 radical (unpaired) electrons. The summed E-state index contributed by atoms with van der Waals surface area (Å²) in [5.74, 6) is 1.18. The SMILES string of the molecule is COc1cc2c(-c3ccc([N+](=O)[O-])cc3)nc3c(c(C)nn3Cc3ccccc3)c2cc1OC. The van der Waals surface area contributed by atoms with Crippen LogP contribution < -0.4 is 9.47 Å². The summed E-state index contributed by atoms with van der Waals surface area (Å²) in [5, 5.41) is 18.7. The number of benzene rings is 3. The lowest BCUT2D eigenvalue weighted by Crippen LogP contribution is -2.03. The van der Waals surface area contributed by atoms with E-state index in [4.69, 9.17) is 19.6 Å². The molecule has 0 N–H and O–H groups in total. The molecular weight excluding hydrogens is 432 g/mol. The zero-order chi connectivity index (χ0) is 23.8. The van der Waals surface area contributed by atoms with E-state index < -0.39 is 4.92 Å². The van der Waals surface area contributed by atoms with Crippen molar-refractivity contribution in [3.8, 4) is 22.8 Å². The fraction of sp³-hybridized carbons (Fsp3) is 0.154. The van der Waals surface area contributed by atoms with E-state index in [0.717, 1.165) is 38.6 Å². The third kappa shape index (κ3) is 3.59. The molecule has 8 heteroatoms. The maximum absolute atomic E-state index is 11.2. The van der Waals surface area contributed by atoms with E-state index in [9.17, 15) is 10.1 Å². The molecule has 0 atom stereocenters. The van der Waals surface area contributed by atoms with Crippen LogP contribution in [0.1, 0.15) is 11.3 Å². The number of nitrogens with zero attached hydrogens (tertiary/aromatic N) is 4. The van der Waals surface area contributed by atoms with E-state index in [2.05, 4.69) is 12.1 Å². The van der Waals surface area contributed by atoms with E-state index >= 15 is 0 Å². The second-order valence-corrected chi connectivity index (χ2v) is 7.94. The van der Waals surface area contributed by atoms with Gasteiger partial charge in [0.05, 0.1) is 37.1 Å². The van der Waals surface area contributed by atoms with Gasteiger partial charge in [0.2, 0.25) is 0 Å². The molecule has 0 unspecified atom stereocenters. The first-order valence-electron chi connectivity index (χ1n) is 10.7. The Morgan fingerprint density at radius 3 is 2.21 bits per heavy atom. The van der Waals surface area contributed by atoms with E-state index in [-0.39, 0.29) is 5.69 Å². The van der Waals surface area contributed by atoms with Gasteiger partial charge in [-0.3, -0.25) is 10.1 Å². The fourth-order valence-corrected chi connectivity index (χ4v) is 4.27. The second-order valence-electron chi connectivity index (χ2n) is 7.94. The average Bonchev–Trinajstić information content (AvgIpc) is 3.18. The first kappa shape index (κ1) is 21.4. The van der Waals surface area contributed by atoms with E-state index in [0.29, 0.717) is 23.7 Å². The second kappa shape index (κ2) is 8.47. The quantitative estimate of drug-likeness (QED) is 0.247. The lowest BCUT2D eigenvalue weighted by molar-refractivity contribution is -0.384. The van der Waals surface area contributed by atoms with Gasteiger partial charge in [0.1, 0.15) is 0 Å². The molecule has 2 aromatic heterocycles. The molecule has 5 aromatic rings. The number of aromatic nitrogens is 3. The molecule has 0 aliphatic rings. The number of methoxy groups -OCH3 is 2. The van der Waals surface area contributed by atoms with Crippen molar-refractivity contribution in [2.24, 2.45) is 0 Å². The number of aryl methyl sites for hydroxylation is 1. The number of hydrogen-bond acceptors (Lipinski definition) is 6. The number of pyridine rings is 1. The standard InChI is InChI=1S/C26H22N4O4/c1-16-24-20-13-22(33-2)23(34-3)14-21(20)25(18-9-11-19(12-10-18)30(31)32)27-26(24)29(28-16)15-17-7-5-4-6-8-17/h4-14H,15H2,1-3H3. The molecule has 0 saturated carbocycles. The monoisotopic (exact) mass is 454 g/mol. The molecule has 0 aliphatic heterocycles. The first-order valence-corrected chi connectivity index (χ1v) is 10.7. The number of rotatable bonds is 6. The minimum atomic E-state index is -0.412. The summed E-state index contributed by atoms with van der Waals surface area (Å²) < 4.78 is 13.0. The van der Waals surface area contributed by atoms with Crippen molar-refractivity contribution in [2.75, 3.05) is 14.2 Å². The number of ether oxygens (including phenoxy) is 2. The Morgan fingerprint density at radius 2 is 1.59 bits per heavy atom. The summed E-state index contributed by atoms with van der Waals surface area (Å²) >= 11 is 0. The normalized spacial score (nSPS) is 11.1. The highest BCUT2D eigenvalue weighted by molar-refractivity contribution is 6.12. The summed E-state index contributed by atoms with van der Waals surface area (Å²) in [7, 11) is 3.19. The third-order valence-corrected chi connectivity index (χ3v) is 5.89. The molecule has 3 aromatic carbocycles. The summed E-state index contributed by atoms with van der Waals surface area (Å²) in [6.45, 7) is 2.53. The maximum atomic E-state index is 11.2. The van der Waals surface area contributed by atoms with Crippen LogP contribution in [0.15, 0.2) is 66.7 Å². The van der Waals surface area contributed by atoms with Crippen LogP contribution in [0.2, 0.25) is 0 Å². The zero-order valence-corrected chi connectivity index (χ0v) is 19.0. The van der Waals surface area contributed by atoms with Gasteiger partial charge in [0.15, 0.2) is 17.1 Å². The number of hydrogen-bond donors (Lipinski definition) is 0. The molecule has 8 nitrogen and oxygen atoms in total. The Labute approximate surface area is 195 Å². The van der Waals surface area contributed by atoms with Crippen LogP contribution in [0.3, 0.4) is 0 Å². The van der Waals surface area contributed by atoms with E-state index in [1.165, 1.54) is 12.1 Å². The van der Waals surface area contributed by atoms with E-state index in [1.807, 2.05) is 41.9 Å². The van der Waals surface area contributed by atoms with Crippen molar-refractivity contribution in [3.05, 3.63) is 88.1 Å². The first-order chi connectivity index (χ1) is 16.5. The van der Waals surface area contributed by atoms with Crippen molar-refractivity contribution in [2.45, 2.75) is 13.5 Å². The van der Waals surface area contributed by atoms with Gasteiger partial charge in [0.25, 0.3) is 5.69 Å². The van der Waals surface area contributed by atoms with E-state index in [1.54, 1.807) is 26.4 Å². The summed E-state index contributed by atoms with van der Waals surface area (Å²) in [5.41, 5.74) is 4.17. The highest BCUT2D eigenvalue weighted by Gasteiger charge is 2.20. The Balaban J connectivity index is 1.82. The minimum absolute atomic E-state index is 0.0262. The molecule has 170 valence electrons. The number of nitro groups is 1. The largest absolute Gasteiger partial charge is 0.493 e. The molecule has 0 bridgehead atoms. The summed E-state index contributed by atoms with van der Waals surface area (Å²) in [6.07, 6.45) is 0. The Hall–Kier alpha value is -4.46. The Bertz CT molecular complexity index is 1530. The van der Waals surface area contributed by atoms with Crippen LogP contribution >= 0.6 is 0 Å². The number of non-ortho nitro benzene ring substituents is 1. The molecule has 0 aliphatic carbocycles. The maximum Gasteiger partial charge on any atom is 0.269 e. The molecule has 0 saturated heterocycles. The lowest BCUT2D eigenvalue weighted by Gasteiger charge is -2.13. The predicted molar refractivity (Wildman–Crippen MR) is 131 cm³/mol. The van der Waals surface area contributed by atoms with Crippen molar-refractivity contribution in [3.63, 3.8) is 0 Å². The average molecular weight is 454 g/mol. The molecule has 0 fully saturated rings.